The van der Waals surface area contributed by atoms with Gasteiger partial charge >= 0.3 is 0 Å². The molecule has 1 heterocycles. The second kappa shape index (κ2) is 13.3. The monoisotopic (exact) mass is 535 g/mol. The van der Waals surface area contributed by atoms with E-state index >= 15 is 0 Å². The molecule has 0 radical (unpaired) electrons. The number of hydrogen-bond acceptors (Lipinski definition) is 6. The number of nitrogens with zero attached hydrogens (tertiary/aromatic N) is 3. The molecular weight excluding hydrogens is 494 g/mol. The Morgan fingerprint density at radius 2 is 1.82 bits per heavy atom. The average Bonchev–Trinajstić information content (AvgIpc) is 3.47. The van der Waals surface area contributed by atoms with Gasteiger partial charge in [-0.15, -0.1) is 0 Å². The number of benzene rings is 1. The number of aromatic nitrogens is 2. The highest BCUT2D eigenvalue weighted by Gasteiger charge is 2.32. The van der Waals surface area contributed by atoms with E-state index in [-0.39, 0.29) is 17.9 Å². The Morgan fingerprint density at radius 1 is 1.11 bits per heavy atom. The van der Waals surface area contributed by atoms with Gasteiger partial charge in [0.25, 0.3) is 0 Å². The highest BCUT2D eigenvalue weighted by Crippen LogP contribution is 2.36. The zero-order valence-corrected chi connectivity index (χ0v) is 23.8. The van der Waals surface area contributed by atoms with Crippen LogP contribution in [0.15, 0.2) is 65.4 Å². The van der Waals surface area contributed by atoms with E-state index in [0.29, 0.717) is 37.0 Å². The van der Waals surface area contributed by atoms with Crippen LogP contribution in [0.1, 0.15) is 65.2 Å². The minimum atomic E-state index is -0.277. The minimum Gasteiger partial charge on any atom is -0.497 e. The summed E-state index contributed by atoms with van der Waals surface area (Å²) in [6.07, 6.45) is 11.0. The van der Waals surface area contributed by atoms with Crippen molar-refractivity contribution in [2.24, 2.45) is 17.8 Å². The Balaban J connectivity index is 1.46. The van der Waals surface area contributed by atoms with Crippen molar-refractivity contribution < 1.29 is 14.6 Å². The van der Waals surface area contributed by atoms with Crippen LogP contribution in [0.5, 0.6) is 0 Å². The summed E-state index contributed by atoms with van der Waals surface area (Å²) in [7, 11) is 1.70. The Bertz CT molecular complexity index is 1140. The highest BCUT2D eigenvalue weighted by molar-refractivity contribution is 7.03. The van der Waals surface area contributed by atoms with Gasteiger partial charge in [-0.1, -0.05) is 30.4 Å². The number of allylic oxidation sites excluding steroid dienone is 4. The molecule has 0 saturated heterocycles. The fourth-order valence-electron chi connectivity index (χ4n) is 5.71. The maximum absolute atomic E-state index is 13.9. The number of aliphatic hydroxyl groups excluding tert-OH is 1. The van der Waals surface area contributed by atoms with Crippen molar-refractivity contribution in [1.82, 2.24) is 9.36 Å². The number of hydrogen-bond donors (Lipinski definition) is 1. The van der Waals surface area contributed by atoms with Crippen LogP contribution in [-0.2, 0) is 9.53 Å². The molecule has 1 N–H and O–H groups in total. The van der Waals surface area contributed by atoms with Crippen LogP contribution in [0.2, 0.25) is 0 Å². The predicted octanol–water partition coefficient (Wildman–Crippen LogP) is 6.95. The van der Waals surface area contributed by atoms with Crippen molar-refractivity contribution in [3.63, 3.8) is 0 Å². The molecule has 6 nitrogen and oxygen atoms in total. The Morgan fingerprint density at radius 3 is 2.45 bits per heavy atom. The lowest BCUT2D eigenvalue weighted by molar-refractivity contribution is -0.124. The zero-order valence-electron chi connectivity index (χ0n) is 22.9. The van der Waals surface area contributed by atoms with Crippen molar-refractivity contribution in [1.29, 1.82) is 0 Å². The third-order valence-corrected chi connectivity index (χ3v) is 8.54. The van der Waals surface area contributed by atoms with Gasteiger partial charge in [-0.2, -0.15) is 4.37 Å². The van der Waals surface area contributed by atoms with Gasteiger partial charge < -0.3 is 14.7 Å². The first kappa shape index (κ1) is 28.2. The van der Waals surface area contributed by atoms with Crippen LogP contribution in [0, 0.1) is 17.8 Å². The van der Waals surface area contributed by atoms with Crippen molar-refractivity contribution in [2.75, 3.05) is 18.6 Å². The van der Waals surface area contributed by atoms with Gasteiger partial charge in [-0.25, -0.2) is 4.98 Å². The first-order valence-corrected chi connectivity index (χ1v) is 14.6. The molecule has 204 valence electrons. The topological polar surface area (TPSA) is 75.5 Å². The quantitative estimate of drug-likeness (QED) is 0.278. The number of anilines is 1. The lowest BCUT2D eigenvalue weighted by Crippen LogP contribution is -2.42. The number of rotatable bonds is 9. The molecule has 0 aliphatic heterocycles. The first-order valence-electron chi connectivity index (χ1n) is 13.8. The van der Waals surface area contributed by atoms with Crippen LogP contribution in [0.3, 0.4) is 0 Å². The number of aliphatic hydroxyl groups is 1. The largest absolute Gasteiger partial charge is 0.497 e. The molecule has 4 rings (SSSR count). The Labute approximate surface area is 231 Å². The summed E-state index contributed by atoms with van der Waals surface area (Å²) < 4.78 is 9.84. The summed E-state index contributed by atoms with van der Waals surface area (Å²) in [6.45, 7) is 9.15. The van der Waals surface area contributed by atoms with E-state index in [4.69, 9.17) is 4.74 Å². The van der Waals surface area contributed by atoms with Gasteiger partial charge in [0.15, 0.2) is 5.82 Å². The summed E-state index contributed by atoms with van der Waals surface area (Å²) >= 11 is 1.33. The Kier molecular flexibility index (Phi) is 9.91. The van der Waals surface area contributed by atoms with Gasteiger partial charge in [-0.05, 0) is 112 Å². The summed E-state index contributed by atoms with van der Waals surface area (Å²) in [6, 6.07) is 8.07. The molecule has 2 aliphatic rings. The van der Waals surface area contributed by atoms with Gasteiger partial charge in [-0.3, -0.25) is 4.79 Å². The standard InChI is InChI=1S/C31H41N3O3S/c1-21(2)29(37-4)17-8-22(3)24-11-9-23(10-12-24)19-34(31(36)25-13-15-28(35)16-14-25)27-7-5-6-26(18-27)30-32-20-38-33-30/h5-8,17-18,20,23-25,28,35H,3,9-16,19H2,1-2,4H3/b17-8-. The average molecular weight is 536 g/mol. The second-order valence-electron chi connectivity index (χ2n) is 11.0. The maximum atomic E-state index is 13.9. The Hall–Kier alpha value is -2.77. The van der Waals surface area contributed by atoms with E-state index in [1.807, 2.05) is 49.1 Å². The molecule has 2 aromatic rings. The lowest BCUT2D eigenvalue weighted by atomic mass is 9.78. The van der Waals surface area contributed by atoms with Crippen LogP contribution in [0.25, 0.3) is 11.4 Å². The molecule has 1 aromatic carbocycles. The fourth-order valence-corrected chi connectivity index (χ4v) is 6.15. The van der Waals surface area contributed by atoms with Crippen LogP contribution in [0.4, 0.5) is 5.69 Å². The summed E-state index contributed by atoms with van der Waals surface area (Å²) in [4.78, 5) is 20.2. The maximum Gasteiger partial charge on any atom is 0.230 e. The molecule has 38 heavy (non-hydrogen) atoms. The molecule has 2 saturated carbocycles. The third kappa shape index (κ3) is 7.20. The molecule has 2 fully saturated rings. The molecule has 0 unspecified atom stereocenters. The van der Waals surface area contributed by atoms with Gasteiger partial charge in [0.2, 0.25) is 5.91 Å². The molecule has 2 aliphatic carbocycles. The van der Waals surface area contributed by atoms with E-state index in [2.05, 4.69) is 22.0 Å². The van der Waals surface area contributed by atoms with Gasteiger partial charge in [0.05, 0.1) is 13.2 Å². The fraction of sp³-hybridized carbons (Fsp3) is 0.516. The molecule has 1 amide bonds. The molecule has 0 spiro atoms. The molecule has 1 aromatic heterocycles. The van der Waals surface area contributed by atoms with Crippen molar-refractivity contribution >= 4 is 23.1 Å². The van der Waals surface area contributed by atoms with Crippen LogP contribution in [-0.4, -0.2) is 40.1 Å². The predicted molar refractivity (Wildman–Crippen MR) is 155 cm³/mol. The zero-order chi connectivity index (χ0) is 27.1. The summed E-state index contributed by atoms with van der Waals surface area (Å²) in [5, 5.41) is 9.99. The van der Waals surface area contributed by atoms with E-state index in [0.717, 1.165) is 66.7 Å². The van der Waals surface area contributed by atoms with Crippen LogP contribution >= 0.6 is 11.5 Å². The van der Waals surface area contributed by atoms with E-state index < -0.39 is 0 Å². The number of methoxy groups -OCH3 is 1. The van der Waals surface area contributed by atoms with Crippen molar-refractivity contribution in [3.05, 3.63) is 65.4 Å². The third-order valence-electron chi connectivity index (χ3n) is 8.06. The molecular formula is C31H41N3O3S. The van der Waals surface area contributed by atoms with Crippen molar-refractivity contribution in [2.45, 2.75) is 71.3 Å². The van der Waals surface area contributed by atoms with Crippen LogP contribution < -0.4 is 4.90 Å². The number of carbonyl (C=O) groups excluding carboxylic acids is 1. The van der Waals surface area contributed by atoms with E-state index in [1.165, 1.54) is 11.5 Å². The van der Waals surface area contributed by atoms with E-state index in [9.17, 15) is 9.90 Å². The summed E-state index contributed by atoms with van der Waals surface area (Å²) in [5.41, 5.74) is 5.87. The van der Waals surface area contributed by atoms with Gasteiger partial charge in [0.1, 0.15) is 11.3 Å². The van der Waals surface area contributed by atoms with Crippen molar-refractivity contribution in [3.8, 4) is 11.4 Å². The number of ether oxygens (including phenoxy) is 1. The smallest absolute Gasteiger partial charge is 0.230 e. The molecule has 7 heteroatoms. The molecule has 0 bridgehead atoms. The van der Waals surface area contributed by atoms with Gasteiger partial charge in [0, 0.05) is 23.7 Å². The summed E-state index contributed by atoms with van der Waals surface area (Å²) in [5.74, 6) is 2.63. The minimum absolute atomic E-state index is 0.0363. The number of carbonyl (C=O) groups is 1. The van der Waals surface area contributed by atoms with E-state index in [1.54, 1.807) is 12.6 Å². The SMILES string of the molecule is C=C(/C=C\C(OC)=C(C)C)C1CCC(CN(C(=O)C2CCC(O)CC2)c2cccc(-c3ncsn3)c2)CC1. The highest BCUT2D eigenvalue weighted by atomic mass is 32.1. The normalized spacial score (nSPS) is 23.7. The molecule has 0 atom stereocenters. The second-order valence-corrected chi connectivity index (χ2v) is 11.6. The lowest BCUT2D eigenvalue weighted by Gasteiger charge is -2.36. The first-order chi connectivity index (χ1) is 18.4. The number of amides is 1.